The molecule has 26 heavy (non-hydrogen) atoms. The summed E-state index contributed by atoms with van der Waals surface area (Å²) in [5, 5.41) is 39.4. The predicted octanol–water partition coefficient (Wildman–Crippen LogP) is -2.26. The largest absolute Gasteiger partial charge is 0.394 e. The summed E-state index contributed by atoms with van der Waals surface area (Å²) in [5.41, 5.74) is 11.8. The van der Waals surface area contributed by atoms with E-state index >= 15 is 0 Å². The number of aliphatic hydroxyl groups is 4. The van der Waals surface area contributed by atoms with Crippen molar-refractivity contribution in [3.8, 4) is 0 Å². The molecule has 2 fully saturated rings. The molecule has 2 heterocycles. The highest BCUT2D eigenvalue weighted by atomic mass is 16.7. The van der Waals surface area contributed by atoms with Crippen molar-refractivity contribution in [2.24, 2.45) is 17.4 Å². The van der Waals surface area contributed by atoms with Crippen molar-refractivity contribution >= 4 is 0 Å². The van der Waals surface area contributed by atoms with E-state index in [2.05, 4.69) is 0 Å². The van der Waals surface area contributed by atoms with Crippen LogP contribution in [0.25, 0.3) is 0 Å². The van der Waals surface area contributed by atoms with Crippen molar-refractivity contribution < 1.29 is 39.4 Å². The Bertz CT molecular complexity index is 400. The van der Waals surface area contributed by atoms with Crippen LogP contribution in [0.3, 0.4) is 0 Å². The molecule has 0 aliphatic carbocycles. The fourth-order valence-corrected chi connectivity index (χ4v) is 3.07. The third-order valence-electron chi connectivity index (χ3n) is 4.75. The quantitative estimate of drug-likeness (QED) is 0.304. The summed E-state index contributed by atoms with van der Waals surface area (Å²) in [6.07, 6.45) is -6.78. The molecule has 0 saturated carbocycles. The number of hydrogen-bond acceptors (Lipinski definition) is 10. The van der Waals surface area contributed by atoms with Crippen LogP contribution >= 0.6 is 0 Å². The number of rotatable bonds is 5. The highest BCUT2D eigenvalue weighted by Crippen LogP contribution is 2.29. The summed E-state index contributed by atoms with van der Waals surface area (Å²) in [7, 11) is 1.37. The maximum Gasteiger partial charge on any atom is 0.176 e. The molecule has 8 N–H and O–H groups in total. The highest BCUT2D eigenvalue weighted by molar-refractivity contribution is 4.95. The first kappa shape index (κ1) is 25.6. The van der Waals surface area contributed by atoms with Crippen LogP contribution < -0.4 is 11.5 Å². The Morgan fingerprint density at radius 1 is 0.885 bits per heavy atom. The molecule has 0 spiro atoms. The monoisotopic (exact) mass is 384 g/mol. The van der Waals surface area contributed by atoms with Crippen LogP contribution in [0, 0.1) is 5.92 Å². The average Bonchev–Trinajstić information content (AvgIpc) is 2.59. The Morgan fingerprint density at radius 2 is 1.38 bits per heavy atom. The molecule has 158 valence electrons. The third-order valence-corrected chi connectivity index (χ3v) is 4.75. The fraction of sp³-hybridized carbons (Fsp3) is 1.00. The van der Waals surface area contributed by atoms with E-state index in [0.29, 0.717) is 0 Å². The molecule has 10 nitrogen and oxygen atoms in total. The zero-order chi connectivity index (χ0) is 18.0. The van der Waals surface area contributed by atoms with Gasteiger partial charge < -0.3 is 50.8 Å². The Hall–Kier alpha value is -0.400. The van der Waals surface area contributed by atoms with E-state index in [1.54, 1.807) is 6.92 Å². The topological polar surface area (TPSA) is 170 Å². The van der Waals surface area contributed by atoms with E-state index in [4.69, 9.17) is 30.4 Å². The number of methoxy groups -OCH3 is 1. The predicted molar refractivity (Wildman–Crippen MR) is 94.0 cm³/mol. The lowest BCUT2D eigenvalue weighted by Gasteiger charge is -2.46. The molecule has 0 aromatic rings. The van der Waals surface area contributed by atoms with Crippen molar-refractivity contribution in [3.63, 3.8) is 0 Å². The minimum absolute atomic E-state index is 0. The second-order valence-electron chi connectivity index (χ2n) is 6.28. The molecular formula is C16H36N2O8. The van der Waals surface area contributed by atoms with Crippen LogP contribution in [0.4, 0.5) is 0 Å². The summed E-state index contributed by atoms with van der Waals surface area (Å²) in [6.45, 7) is 0.942. The van der Waals surface area contributed by atoms with Crippen molar-refractivity contribution in [2.75, 3.05) is 20.3 Å². The van der Waals surface area contributed by atoms with Crippen molar-refractivity contribution in [3.05, 3.63) is 0 Å². The number of hydrogen-bond donors (Lipinski definition) is 6. The van der Waals surface area contributed by atoms with Gasteiger partial charge in [0.15, 0.2) is 12.6 Å². The number of aliphatic hydroxyl groups excluding tert-OH is 4. The molecule has 10 heteroatoms. The lowest BCUT2D eigenvalue weighted by molar-refractivity contribution is -0.321. The molecule has 0 radical (unpaired) electrons. The van der Waals surface area contributed by atoms with Gasteiger partial charge in [-0.3, -0.25) is 0 Å². The molecule has 4 unspecified atom stereocenters. The van der Waals surface area contributed by atoms with E-state index < -0.39 is 61.8 Å². The van der Waals surface area contributed by atoms with Crippen molar-refractivity contribution in [2.45, 2.75) is 77.0 Å². The van der Waals surface area contributed by atoms with Gasteiger partial charge in [-0.15, -0.1) is 0 Å². The van der Waals surface area contributed by atoms with Gasteiger partial charge in [-0.1, -0.05) is 21.8 Å². The molecule has 2 saturated heterocycles. The lowest BCUT2D eigenvalue weighted by Crippen LogP contribution is -2.66. The second kappa shape index (κ2) is 10.8. The van der Waals surface area contributed by atoms with Crippen molar-refractivity contribution in [1.82, 2.24) is 0 Å². The van der Waals surface area contributed by atoms with Gasteiger partial charge in [0, 0.05) is 13.0 Å². The minimum Gasteiger partial charge on any atom is -0.394 e. The van der Waals surface area contributed by atoms with Crippen LogP contribution in [0.1, 0.15) is 21.8 Å². The summed E-state index contributed by atoms with van der Waals surface area (Å²) in [4.78, 5) is 0. The molecule has 2 rings (SSSR count). The van der Waals surface area contributed by atoms with Gasteiger partial charge in [-0.2, -0.15) is 0 Å². The fourth-order valence-electron chi connectivity index (χ4n) is 3.07. The molecule has 0 aromatic heterocycles. The normalized spacial score (nSPS) is 46.2. The van der Waals surface area contributed by atoms with E-state index in [1.165, 1.54) is 7.11 Å². The lowest BCUT2D eigenvalue weighted by atomic mass is 9.89. The molecule has 0 bridgehead atoms. The van der Waals surface area contributed by atoms with Crippen LogP contribution in [0.5, 0.6) is 0 Å². The minimum atomic E-state index is -1.21. The van der Waals surface area contributed by atoms with Crippen LogP contribution in [0.2, 0.25) is 0 Å². The first-order valence-corrected chi connectivity index (χ1v) is 7.93. The van der Waals surface area contributed by atoms with Crippen LogP contribution in [-0.4, -0.2) is 95.9 Å². The molecule has 0 amide bonds. The Balaban J connectivity index is 0.00000312. The van der Waals surface area contributed by atoms with Crippen LogP contribution in [-0.2, 0) is 18.9 Å². The summed E-state index contributed by atoms with van der Waals surface area (Å²) in [5.74, 6) is -0.383. The van der Waals surface area contributed by atoms with Crippen LogP contribution in [0.15, 0.2) is 0 Å². The zero-order valence-electron chi connectivity index (χ0n) is 13.8. The maximum atomic E-state index is 10.4. The molecule has 2 aliphatic heterocycles. The Morgan fingerprint density at radius 3 is 1.88 bits per heavy atom. The van der Waals surface area contributed by atoms with Gasteiger partial charge in [0.25, 0.3) is 0 Å². The zero-order valence-corrected chi connectivity index (χ0v) is 13.8. The molecule has 2 aliphatic rings. The first-order valence-electron chi connectivity index (χ1n) is 7.93. The van der Waals surface area contributed by atoms with Gasteiger partial charge >= 0.3 is 0 Å². The SMILES string of the molecule is C.C.COC1OC(CO)[C@@H](O[C@@H]2OC(CO)[C@H](C)[C@H](O)C2N)[C@@H](O)[C@H]1N. The van der Waals surface area contributed by atoms with E-state index in [9.17, 15) is 20.4 Å². The van der Waals surface area contributed by atoms with Gasteiger partial charge in [0.05, 0.1) is 37.5 Å². The van der Waals surface area contributed by atoms with E-state index in [1.807, 2.05) is 0 Å². The molecule has 0 aromatic carbocycles. The highest BCUT2D eigenvalue weighted by Gasteiger charge is 2.48. The van der Waals surface area contributed by atoms with E-state index in [-0.39, 0.29) is 27.4 Å². The third kappa shape index (κ3) is 4.90. The molecular weight excluding hydrogens is 348 g/mol. The smallest absolute Gasteiger partial charge is 0.176 e. The number of nitrogens with two attached hydrogens (primary N) is 2. The second-order valence-corrected chi connectivity index (χ2v) is 6.28. The summed E-state index contributed by atoms with van der Waals surface area (Å²) >= 11 is 0. The molecule has 10 atom stereocenters. The summed E-state index contributed by atoms with van der Waals surface area (Å²) < 4.78 is 21.8. The Kier molecular flexibility index (Phi) is 10.6. The van der Waals surface area contributed by atoms with Gasteiger partial charge in [0.1, 0.15) is 18.3 Å². The van der Waals surface area contributed by atoms with E-state index in [0.717, 1.165) is 0 Å². The van der Waals surface area contributed by atoms with Gasteiger partial charge in [0.2, 0.25) is 0 Å². The maximum absolute atomic E-state index is 10.4. The first-order chi connectivity index (χ1) is 11.3. The van der Waals surface area contributed by atoms with Gasteiger partial charge in [-0.25, -0.2) is 0 Å². The average molecular weight is 384 g/mol. The number of ether oxygens (including phenoxy) is 4. The van der Waals surface area contributed by atoms with Gasteiger partial charge in [-0.05, 0) is 0 Å². The Labute approximate surface area is 155 Å². The summed E-state index contributed by atoms with van der Waals surface area (Å²) in [6, 6.07) is -1.80. The standard InChI is InChI=1S/C14H28N2O8.2CH4/c1-5-6(3-17)22-14(8(15)10(5)19)24-12-7(4-18)23-13(21-2)9(16)11(12)20;;/h5-14,17-20H,3-4,15-16H2,1-2H3;2*1H4/t5-,6?,7?,8?,9+,10-,11-,12+,13?,14-;;/m0../s1. The van der Waals surface area contributed by atoms with Crippen molar-refractivity contribution in [1.29, 1.82) is 0 Å².